The van der Waals surface area contributed by atoms with Crippen LogP contribution in [0.4, 0.5) is 0 Å². The van der Waals surface area contributed by atoms with E-state index in [4.69, 9.17) is 18.9 Å². The monoisotopic (exact) mass is 232 g/mol. The van der Waals surface area contributed by atoms with Gasteiger partial charge >= 0.3 is 0 Å². The van der Waals surface area contributed by atoms with Gasteiger partial charge in [-0.1, -0.05) is 0 Å². The van der Waals surface area contributed by atoms with E-state index in [0.717, 1.165) is 0 Å². The zero-order chi connectivity index (χ0) is 12.1. The Morgan fingerprint density at radius 2 is 0.875 bits per heavy atom. The Balaban J connectivity index is 2.54. The number of hydrogen-bond acceptors (Lipinski definition) is 4. The molecule has 0 radical (unpaired) electrons. The van der Waals surface area contributed by atoms with Crippen molar-refractivity contribution < 1.29 is 18.9 Å². The van der Waals surface area contributed by atoms with Crippen LogP contribution in [0.25, 0.3) is 0 Å². The van der Waals surface area contributed by atoms with E-state index in [1.54, 1.807) is 0 Å². The Morgan fingerprint density at radius 1 is 0.562 bits per heavy atom. The molecule has 1 saturated heterocycles. The van der Waals surface area contributed by atoms with Crippen LogP contribution in [0.1, 0.15) is 27.7 Å². The molecule has 4 nitrogen and oxygen atoms in total. The summed E-state index contributed by atoms with van der Waals surface area (Å²) in [6.45, 7) is 11.8. The first-order valence-electron chi connectivity index (χ1n) is 5.89. The minimum Gasteiger partial charge on any atom is -0.377 e. The lowest BCUT2D eigenvalue weighted by molar-refractivity contribution is -0.190. The highest BCUT2D eigenvalue weighted by molar-refractivity contribution is 4.89. The second-order valence-electron chi connectivity index (χ2n) is 4.94. The standard InChI is InChI=1S/C12H24O4/c1-11(2)12(3,4)16-10-8-14-6-5-13-7-9-15-11/h5-10H2,1-4H3. The van der Waals surface area contributed by atoms with Gasteiger partial charge in [-0.3, -0.25) is 0 Å². The SMILES string of the molecule is CC1(C)OCCOCCOCCOC1(C)C. The van der Waals surface area contributed by atoms with Crippen LogP contribution < -0.4 is 0 Å². The summed E-state index contributed by atoms with van der Waals surface area (Å²) in [5.41, 5.74) is -0.675. The molecule has 0 aromatic rings. The van der Waals surface area contributed by atoms with Gasteiger partial charge in [0.15, 0.2) is 0 Å². The third kappa shape index (κ3) is 4.01. The van der Waals surface area contributed by atoms with Crippen molar-refractivity contribution in [1.82, 2.24) is 0 Å². The van der Waals surface area contributed by atoms with Gasteiger partial charge in [0.25, 0.3) is 0 Å². The normalized spacial score (nSPS) is 27.8. The Bertz CT molecular complexity index is 179. The molecule has 0 aromatic heterocycles. The van der Waals surface area contributed by atoms with E-state index in [1.807, 2.05) is 27.7 Å². The minimum absolute atomic E-state index is 0.338. The van der Waals surface area contributed by atoms with Gasteiger partial charge in [-0.25, -0.2) is 0 Å². The largest absolute Gasteiger partial charge is 0.377 e. The molecule has 0 spiro atoms. The van der Waals surface area contributed by atoms with E-state index in [1.165, 1.54) is 0 Å². The lowest BCUT2D eigenvalue weighted by Crippen LogP contribution is -2.50. The smallest absolute Gasteiger partial charge is 0.0910 e. The molecule has 1 aliphatic heterocycles. The van der Waals surface area contributed by atoms with Crippen molar-refractivity contribution in [2.24, 2.45) is 0 Å². The fourth-order valence-electron chi connectivity index (χ4n) is 1.38. The van der Waals surface area contributed by atoms with Crippen molar-refractivity contribution in [2.75, 3.05) is 39.6 Å². The molecule has 0 atom stereocenters. The maximum Gasteiger partial charge on any atom is 0.0910 e. The topological polar surface area (TPSA) is 36.9 Å². The van der Waals surface area contributed by atoms with Crippen molar-refractivity contribution in [1.29, 1.82) is 0 Å². The summed E-state index contributed by atoms with van der Waals surface area (Å²) in [6.07, 6.45) is 0. The van der Waals surface area contributed by atoms with Gasteiger partial charge in [-0.15, -0.1) is 0 Å². The molecular weight excluding hydrogens is 208 g/mol. The fraction of sp³-hybridized carbons (Fsp3) is 1.00. The first kappa shape index (κ1) is 13.9. The van der Waals surface area contributed by atoms with E-state index in [-0.39, 0.29) is 11.2 Å². The van der Waals surface area contributed by atoms with Crippen LogP contribution in [0.2, 0.25) is 0 Å². The van der Waals surface area contributed by atoms with Crippen molar-refractivity contribution in [3.8, 4) is 0 Å². The average molecular weight is 232 g/mol. The van der Waals surface area contributed by atoms with Gasteiger partial charge in [0.1, 0.15) is 0 Å². The lowest BCUT2D eigenvalue weighted by Gasteiger charge is -2.41. The highest BCUT2D eigenvalue weighted by Crippen LogP contribution is 2.28. The second-order valence-corrected chi connectivity index (χ2v) is 4.94. The van der Waals surface area contributed by atoms with Crippen LogP contribution in [-0.4, -0.2) is 50.8 Å². The van der Waals surface area contributed by atoms with Crippen LogP contribution >= 0.6 is 0 Å². The maximum absolute atomic E-state index is 5.83. The average Bonchev–Trinajstić information content (AvgIpc) is 2.19. The molecule has 0 N–H and O–H groups in total. The molecule has 0 saturated carbocycles. The van der Waals surface area contributed by atoms with Gasteiger partial charge < -0.3 is 18.9 Å². The molecule has 0 bridgehead atoms. The summed E-state index contributed by atoms with van der Waals surface area (Å²) in [4.78, 5) is 0. The highest BCUT2D eigenvalue weighted by Gasteiger charge is 2.39. The van der Waals surface area contributed by atoms with Gasteiger partial charge in [0.2, 0.25) is 0 Å². The third-order valence-electron chi connectivity index (χ3n) is 3.20. The van der Waals surface area contributed by atoms with Gasteiger partial charge in [0.05, 0.1) is 50.8 Å². The molecule has 96 valence electrons. The van der Waals surface area contributed by atoms with Gasteiger partial charge in [-0.2, -0.15) is 0 Å². The van der Waals surface area contributed by atoms with Crippen LogP contribution in [0.15, 0.2) is 0 Å². The maximum atomic E-state index is 5.83. The Labute approximate surface area is 98.2 Å². The number of hydrogen-bond donors (Lipinski definition) is 0. The van der Waals surface area contributed by atoms with Crippen LogP contribution in [0.3, 0.4) is 0 Å². The lowest BCUT2D eigenvalue weighted by atomic mass is 9.89. The Hall–Kier alpha value is -0.160. The summed E-state index contributed by atoms with van der Waals surface area (Å²) < 4.78 is 22.4. The minimum atomic E-state index is -0.338. The summed E-state index contributed by atoms with van der Waals surface area (Å²) in [7, 11) is 0. The summed E-state index contributed by atoms with van der Waals surface area (Å²) in [6, 6.07) is 0. The number of ether oxygens (including phenoxy) is 4. The van der Waals surface area contributed by atoms with E-state index >= 15 is 0 Å². The summed E-state index contributed by atoms with van der Waals surface area (Å²) in [5.74, 6) is 0. The van der Waals surface area contributed by atoms with Crippen molar-refractivity contribution in [3.63, 3.8) is 0 Å². The van der Waals surface area contributed by atoms with Crippen LogP contribution in [0, 0.1) is 0 Å². The molecule has 0 amide bonds. The molecular formula is C12H24O4. The molecule has 16 heavy (non-hydrogen) atoms. The quantitative estimate of drug-likeness (QED) is 0.636. The highest BCUT2D eigenvalue weighted by atomic mass is 16.6. The van der Waals surface area contributed by atoms with Crippen molar-refractivity contribution >= 4 is 0 Å². The first-order chi connectivity index (χ1) is 7.46. The molecule has 1 heterocycles. The van der Waals surface area contributed by atoms with E-state index in [2.05, 4.69) is 0 Å². The molecule has 0 aromatic carbocycles. The molecule has 1 aliphatic rings. The zero-order valence-corrected chi connectivity index (χ0v) is 10.9. The van der Waals surface area contributed by atoms with Crippen molar-refractivity contribution in [3.05, 3.63) is 0 Å². The van der Waals surface area contributed by atoms with Crippen LogP contribution in [0.5, 0.6) is 0 Å². The molecule has 0 aliphatic carbocycles. The summed E-state index contributed by atoms with van der Waals surface area (Å²) in [5, 5.41) is 0. The first-order valence-corrected chi connectivity index (χ1v) is 5.89. The molecule has 1 rings (SSSR count). The van der Waals surface area contributed by atoms with Gasteiger partial charge in [0, 0.05) is 0 Å². The van der Waals surface area contributed by atoms with E-state index in [0.29, 0.717) is 39.6 Å². The predicted octanol–water partition coefficient (Wildman–Crippen LogP) is 1.62. The fourth-order valence-corrected chi connectivity index (χ4v) is 1.38. The van der Waals surface area contributed by atoms with E-state index in [9.17, 15) is 0 Å². The Morgan fingerprint density at radius 3 is 1.25 bits per heavy atom. The number of rotatable bonds is 0. The predicted molar refractivity (Wildman–Crippen MR) is 61.7 cm³/mol. The molecule has 1 fully saturated rings. The zero-order valence-electron chi connectivity index (χ0n) is 10.9. The summed E-state index contributed by atoms with van der Waals surface area (Å²) >= 11 is 0. The second kappa shape index (κ2) is 5.96. The van der Waals surface area contributed by atoms with Crippen LogP contribution in [-0.2, 0) is 18.9 Å². The third-order valence-corrected chi connectivity index (χ3v) is 3.20. The molecule has 4 heteroatoms. The van der Waals surface area contributed by atoms with Crippen molar-refractivity contribution in [2.45, 2.75) is 38.9 Å². The molecule has 0 unspecified atom stereocenters. The van der Waals surface area contributed by atoms with E-state index < -0.39 is 0 Å². The van der Waals surface area contributed by atoms with Gasteiger partial charge in [-0.05, 0) is 27.7 Å². The Kier molecular flexibility index (Phi) is 5.18.